The minimum absolute atomic E-state index is 0.0888. The van der Waals surface area contributed by atoms with Crippen molar-refractivity contribution in [3.05, 3.63) is 0 Å². The molecule has 2 unspecified atom stereocenters. The molecule has 0 N–H and O–H groups in total. The second kappa shape index (κ2) is 5.05. The molecule has 4 heteroatoms. The van der Waals surface area contributed by atoms with Crippen LogP contribution in [0.3, 0.4) is 0 Å². The molecule has 2 atom stereocenters. The summed E-state index contributed by atoms with van der Waals surface area (Å²) in [5.41, 5.74) is -0.171. The predicted octanol–water partition coefficient (Wildman–Crippen LogP) is 1.62. The average molecular weight is 237 g/mol. The van der Waals surface area contributed by atoms with Crippen LogP contribution in [0, 0.1) is 11.3 Å². The van der Waals surface area contributed by atoms with Crippen LogP contribution in [0.4, 0.5) is 0 Å². The van der Waals surface area contributed by atoms with Gasteiger partial charge in [-0.3, -0.25) is 9.69 Å². The Morgan fingerprint density at radius 3 is 2.53 bits per heavy atom. The highest BCUT2D eigenvalue weighted by molar-refractivity contribution is 5.83. The smallest absolute Gasteiger partial charge is 0.241 e. The first-order chi connectivity index (χ1) is 7.79. The third-order valence-corrected chi connectivity index (χ3v) is 3.60. The summed E-state index contributed by atoms with van der Waals surface area (Å²) in [4.78, 5) is 16.4. The van der Waals surface area contributed by atoms with Crippen LogP contribution >= 0.6 is 0 Å². The molecule has 4 nitrogen and oxygen atoms in total. The van der Waals surface area contributed by atoms with Crippen molar-refractivity contribution in [2.45, 2.75) is 58.2 Å². The second-order valence-electron chi connectivity index (χ2n) is 5.84. The fourth-order valence-corrected chi connectivity index (χ4v) is 2.27. The Bertz CT molecular complexity index is 327. The zero-order valence-corrected chi connectivity index (χ0v) is 11.5. The van der Waals surface area contributed by atoms with Gasteiger partial charge in [0.15, 0.2) is 0 Å². The van der Waals surface area contributed by atoms with Crippen molar-refractivity contribution in [1.82, 2.24) is 9.80 Å². The maximum atomic E-state index is 12.5. The topological polar surface area (TPSA) is 47.3 Å². The summed E-state index contributed by atoms with van der Waals surface area (Å²) >= 11 is 0. The molecule has 0 saturated carbocycles. The lowest BCUT2D eigenvalue weighted by atomic mass is 10.0. The average Bonchev–Trinajstić information content (AvgIpc) is 2.31. The van der Waals surface area contributed by atoms with Crippen LogP contribution in [0.5, 0.6) is 0 Å². The Balaban J connectivity index is 3.01. The van der Waals surface area contributed by atoms with Crippen molar-refractivity contribution in [2.24, 2.45) is 0 Å². The van der Waals surface area contributed by atoms with Crippen molar-refractivity contribution in [3.63, 3.8) is 0 Å². The van der Waals surface area contributed by atoms with Crippen LogP contribution in [0.25, 0.3) is 0 Å². The summed E-state index contributed by atoms with van der Waals surface area (Å²) in [6.45, 7) is 9.03. The highest BCUT2D eigenvalue weighted by Gasteiger charge is 2.37. The molecule has 17 heavy (non-hydrogen) atoms. The Labute approximate surface area is 104 Å². The molecule has 0 bridgehead atoms. The Morgan fingerprint density at radius 2 is 2.06 bits per heavy atom. The summed E-state index contributed by atoms with van der Waals surface area (Å²) in [5, 5.41) is 8.87. The molecule has 0 aromatic rings. The van der Waals surface area contributed by atoms with E-state index in [-0.39, 0.29) is 23.9 Å². The molecule has 1 heterocycles. The van der Waals surface area contributed by atoms with Gasteiger partial charge in [-0.25, -0.2) is 0 Å². The van der Waals surface area contributed by atoms with Gasteiger partial charge >= 0.3 is 0 Å². The molecule has 96 valence electrons. The van der Waals surface area contributed by atoms with Crippen molar-refractivity contribution in [3.8, 4) is 6.07 Å². The SMILES string of the molecule is CC1CCN(C(C)(C)C)C(=O)C(CC#N)N1C. The number of hydrogen-bond acceptors (Lipinski definition) is 3. The van der Waals surface area contributed by atoms with E-state index in [1.807, 2.05) is 37.6 Å². The zero-order valence-electron chi connectivity index (χ0n) is 11.5. The van der Waals surface area contributed by atoms with Gasteiger partial charge in [0.05, 0.1) is 12.5 Å². The van der Waals surface area contributed by atoms with E-state index in [0.717, 1.165) is 13.0 Å². The van der Waals surface area contributed by atoms with Gasteiger partial charge in [0.2, 0.25) is 5.91 Å². The monoisotopic (exact) mass is 237 g/mol. The first kappa shape index (κ1) is 14.0. The van der Waals surface area contributed by atoms with Crippen molar-refractivity contribution < 1.29 is 4.79 Å². The maximum Gasteiger partial charge on any atom is 0.241 e. The summed E-state index contributed by atoms with van der Waals surface area (Å²) in [7, 11) is 1.94. The van der Waals surface area contributed by atoms with E-state index in [0.29, 0.717) is 6.04 Å². The number of carbonyl (C=O) groups is 1. The minimum Gasteiger partial charge on any atom is -0.336 e. The van der Waals surface area contributed by atoms with Crippen molar-refractivity contribution in [2.75, 3.05) is 13.6 Å². The molecule has 0 radical (unpaired) electrons. The van der Waals surface area contributed by atoms with Crippen LogP contribution in [0.1, 0.15) is 40.5 Å². The Kier molecular flexibility index (Phi) is 4.16. The molecular formula is C13H23N3O. The Morgan fingerprint density at radius 1 is 1.47 bits per heavy atom. The van der Waals surface area contributed by atoms with Crippen LogP contribution < -0.4 is 0 Å². The molecule has 1 saturated heterocycles. The molecule has 0 aliphatic carbocycles. The normalized spacial score (nSPS) is 27.8. The van der Waals surface area contributed by atoms with E-state index in [1.165, 1.54) is 0 Å². The van der Waals surface area contributed by atoms with Gasteiger partial charge in [0.25, 0.3) is 0 Å². The van der Waals surface area contributed by atoms with E-state index in [2.05, 4.69) is 13.0 Å². The van der Waals surface area contributed by atoms with Crippen LogP contribution in [0.2, 0.25) is 0 Å². The number of nitrogens with zero attached hydrogens (tertiary/aromatic N) is 3. The van der Waals surface area contributed by atoms with Gasteiger partial charge in [-0.2, -0.15) is 5.26 Å². The van der Waals surface area contributed by atoms with E-state index < -0.39 is 0 Å². The zero-order chi connectivity index (χ0) is 13.2. The van der Waals surface area contributed by atoms with Crippen molar-refractivity contribution >= 4 is 5.91 Å². The molecule has 1 aliphatic heterocycles. The van der Waals surface area contributed by atoms with Gasteiger partial charge in [0.1, 0.15) is 6.04 Å². The number of nitriles is 1. The molecule has 1 fully saturated rings. The number of likely N-dealkylation sites (N-methyl/N-ethyl adjacent to an activating group) is 1. The molecule has 0 aromatic carbocycles. The quantitative estimate of drug-likeness (QED) is 0.696. The van der Waals surface area contributed by atoms with Gasteiger partial charge in [0, 0.05) is 18.1 Å². The fourth-order valence-electron chi connectivity index (χ4n) is 2.27. The number of rotatable bonds is 1. The largest absolute Gasteiger partial charge is 0.336 e. The molecule has 1 amide bonds. The van der Waals surface area contributed by atoms with Gasteiger partial charge in [-0.1, -0.05) is 0 Å². The first-order valence-corrected chi connectivity index (χ1v) is 6.19. The minimum atomic E-state index is -0.295. The van der Waals surface area contributed by atoms with E-state index in [4.69, 9.17) is 5.26 Å². The lowest BCUT2D eigenvalue weighted by Crippen LogP contribution is -2.52. The van der Waals surface area contributed by atoms with E-state index >= 15 is 0 Å². The first-order valence-electron chi connectivity index (χ1n) is 6.19. The molecular weight excluding hydrogens is 214 g/mol. The van der Waals surface area contributed by atoms with Gasteiger partial charge in [-0.05, 0) is 41.2 Å². The number of hydrogen-bond donors (Lipinski definition) is 0. The predicted molar refractivity (Wildman–Crippen MR) is 67.3 cm³/mol. The van der Waals surface area contributed by atoms with Gasteiger partial charge in [-0.15, -0.1) is 0 Å². The van der Waals surface area contributed by atoms with E-state index in [9.17, 15) is 4.79 Å². The highest BCUT2D eigenvalue weighted by Crippen LogP contribution is 2.23. The summed E-state index contributed by atoms with van der Waals surface area (Å²) in [5.74, 6) is 0.0888. The van der Waals surface area contributed by atoms with Crippen LogP contribution in [-0.2, 0) is 4.79 Å². The van der Waals surface area contributed by atoms with E-state index in [1.54, 1.807) is 0 Å². The summed E-state index contributed by atoms with van der Waals surface area (Å²) < 4.78 is 0. The maximum absolute atomic E-state index is 12.5. The fraction of sp³-hybridized carbons (Fsp3) is 0.846. The van der Waals surface area contributed by atoms with Crippen molar-refractivity contribution in [1.29, 1.82) is 5.26 Å². The molecule has 0 spiro atoms. The third kappa shape index (κ3) is 2.98. The third-order valence-electron chi connectivity index (χ3n) is 3.60. The van der Waals surface area contributed by atoms with Crippen LogP contribution in [0.15, 0.2) is 0 Å². The molecule has 1 rings (SSSR count). The second-order valence-corrected chi connectivity index (χ2v) is 5.84. The Hall–Kier alpha value is -1.08. The van der Waals surface area contributed by atoms with Gasteiger partial charge < -0.3 is 4.90 Å². The lowest BCUT2D eigenvalue weighted by Gasteiger charge is -2.36. The number of carbonyl (C=O) groups excluding carboxylic acids is 1. The lowest BCUT2D eigenvalue weighted by molar-refractivity contribution is -0.139. The van der Waals surface area contributed by atoms with Crippen LogP contribution in [-0.4, -0.2) is 46.9 Å². The summed E-state index contributed by atoms with van der Waals surface area (Å²) in [6, 6.07) is 2.17. The summed E-state index contributed by atoms with van der Waals surface area (Å²) in [6.07, 6.45) is 1.23. The standard InChI is InChI=1S/C13H23N3O/c1-10-7-9-16(13(2,3)4)12(17)11(6-8-14)15(10)5/h10-11H,6-7,9H2,1-5H3. The number of amides is 1. The highest BCUT2D eigenvalue weighted by atomic mass is 16.2. The molecule has 1 aliphatic rings. The molecule has 0 aromatic heterocycles.